The van der Waals surface area contributed by atoms with E-state index >= 15 is 0 Å². The van der Waals surface area contributed by atoms with E-state index in [1.54, 1.807) is 12.1 Å². The van der Waals surface area contributed by atoms with Gasteiger partial charge in [0.2, 0.25) is 5.91 Å². The third-order valence-electron chi connectivity index (χ3n) is 5.69. The van der Waals surface area contributed by atoms with E-state index in [2.05, 4.69) is 20.4 Å². The maximum absolute atomic E-state index is 12.0. The summed E-state index contributed by atoms with van der Waals surface area (Å²) in [5.41, 5.74) is 0.134. The third kappa shape index (κ3) is 6.78. The number of hydrogen-bond donors (Lipinski definition) is 3. The Morgan fingerprint density at radius 2 is 1.66 bits per heavy atom. The van der Waals surface area contributed by atoms with Crippen LogP contribution in [0.25, 0.3) is 10.8 Å². The van der Waals surface area contributed by atoms with Gasteiger partial charge in [0.25, 0.3) is 22.9 Å². The number of nitrogens with zero attached hydrogens (tertiary/aromatic N) is 2. The maximum Gasteiger partial charge on any atom is 0.333 e. The SMILES string of the molecule is CCN(CCCCNC(=O)CCCC(=O)ON1C(=O)CCC1=O)c1ccc2c(=O)[nH][nH]c(=O)c2c1. The molecule has 0 aliphatic carbocycles. The van der Waals surface area contributed by atoms with E-state index < -0.39 is 17.8 Å². The van der Waals surface area contributed by atoms with Crippen molar-refractivity contribution in [3.63, 3.8) is 0 Å². The first-order valence-corrected chi connectivity index (χ1v) is 11.6. The summed E-state index contributed by atoms with van der Waals surface area (Å²) >= 11 is 0. The average molecular weight is 488 g/mol. The Hall–Kier alpha value is -3.96. The highest BCUT2D eigenvalue weighted by atomic mass is 16.7. The minimum Gasteiger partial charge on any atom is -0.372 e. The highest BCUT2D eigenvalue weighted by Gasteiger charge is 2.32. The summed E-state index contributed by atoms with van der Waals surface area (Å²) in [4.78, 5) is 77.3. The van der Waals surface area contributed by atoms with Crippen LogP contribution < -0.4 is 21.3 Å². The molecular weight excluding hydrogens is 458 g/mol. The average Bonchev–Trinajstić information content (AvgIpc) is 3.15. The van der Waals surface area contributed by atoms with E-state index in [9.17, 15) is 28.8 Å². The quantitative estimate of drug-likeness (QED) is 0.291. The predicted molar refractivity (Wildman–Crippen MR) is 126 cm³/mol. The van der Waals surface area contributed by atoms with Gasteiger partial charge in [-0.25, -0.2) is 4.79 Å². The second kappa shape index (κ2) is 12.0. The highest BCUT2D eigenvalue weighted by molar-refractivity contribution is 6.01. The number of hydrogen-bond acceptors (Lipinski definition) is 8. The Balaban J connectivity index is 1.34. The molecule has 1 aromatic heterocycles. The lowest BCUT2D eigenvalue weighted by Crippen LogP contribution is -2.32. The largest absolute Gasteiger partial charge is 0.372 e. The number of aromatic amines is 2. The number of H-pyrrole nitrogens is 2. The lowest BCUT2D eigenvalue weighted by atomic mass is 10.1. The summed E-state index contributed by atoms with van der Waals surface area (Å²) in [6.45, 7) is 3.89. The summed E-state index contributed by atoms with van der Waals surface area (Å²) < 4.78 is 0. The zero-order valence-electron chi connectivity index (χ0n) is 19.6. The van der Waals surface area contributed by atoms with Crippen LogP contribution in [0.4, 0.5) is 5.69 Å². The van der Waals surface area contributed by atoms with Crippen LogP contribution in [-0.2, 0) is 24.0 Å². The fourth-order valence-electron chi connectivity index (χ4n) is 3.78. The van der Waals surface area contributed by atoms with Gasteiger partial charge in [-0.15, -0.1) is 5.06 Å². The van der Waals surface area contributed by atoms with Crippen LogP contribution in [0.1, 0.15) is 51.9 Å². The van der Waals surface area contributed by atoms with E-state index in [0.29, 0.717) is 35.5 Å². The van der Waals surface area contributed by atoms with Gasteiger partial charge in [0.05, 0.1) is 10.8 Å². The Morgan fingerprint density at radius 3 is 2.34 bits per heavy atom. The van der Waals surface area contributed by atoms with E-state index in [1.807, 2.05) is 13.0 Å². The number of anilines is 1. The van der Waals surface area contributed by atoms with Gasteiger partial charge in [0.15, 0.2) is 0 Å². The summed E-state index contributed by atoms with van der Waals surface area (Å²) in [7, 11) is 0. The molecule has 12 heteroatoms. The van der Waals surface area contributed by atoms with Gasteiger partial charge in [-0.1, -0.05) is 0 Å². The van der Waals surface area contributed by atoms with Crippen molar-refractivity contribution in [1.82, 2.24) is 20.6 Å². The number of aromatic nitrogens is 2. The lowest BCUT2D eigenvalue weighted by molar-refractivity contribution is -0.197. The smallest absolute Gasteiger partial charge is 0.333 e. The third-order valence-corrected chi connectivity index (χ3v) is 5.69. The number of rotatable bonds is 12. The second-order valence-corrected chi connectivity index (χ2v) is 8.17. The topological polar surface area (TPSA) is 162 Å². The number of nitrogens with one attached hydrogen (secondary N) is 3. The fraction of sp³-hybridized carbons (Fsp3) is 0.478. The summed E-state index contributed by atoms with van der Waals surface area (Å²) in [5, 5.41) is 8.61. The predicted octanol–water partition coefficient (Wildman–Crippen LogP) is 0.717. The molecule has 0 atom stereocenters. The summed E-state index contributed by atoms with van der Waals surface area (Å²) in [6, 6.07) is 5.15. The molecule has 3 N–H and O–H groups in total. The molecule has 1 saturated heterocycles. The van der Waals surface area contributed by atoms with Crippen molar-refractivity contribution >= 4 is 40.2 Å². The molecule has 0 unspecified atom stereocenters. The number of fused-ring (bicyclic) bond motifs is 1. The van der Waals surface area contributed by atoms with E-state index in [4.69, 9.17) is 4.84 Å². The van der Waals surface area contributed by atoms with Gasteiger partial charge in [-0.3, -0.25) is 34.2 Å². The van der Waals surface area contributed by atoms with Gasteiger partial charge in [0.1, 0.15) is 0 Å². The molecule has 0 radical (unpaired) electrons. The van der Waals surface area contributed by atoms with E-state index in [-0.39, 0.29) is 49.1 Å². The Bertz CT molecular complexity index is 1200. The van der Waals surface area contributed by atoms with Crippen LogP contribution in [0.3, 0.4) is 0 Å². The molecule has 3 amide bonds. The number of hydroxylamine groups is 2. The van der Waals surface area contributed by atoms with Gasteiger partial charge in [-0.05, 0) is 44.4 Å². The minimum atomic E-state index is -0.721. The first-order chi connectivity index (χ1) is 16.8. The number of carbonyl (C=O) groups is 4. The molecule has 12 nitrogen and oxygen atoms in total. The highest BCUT2D eigenvalue weighted by Crippen LogP contribution is 2.18. The number of imide groups is 1. The Labute approximate surface area is 200 Å². The zero-order chi connectivity index (χ0) is 25.4. The molecule has 0 bridgehead atoms. The molecule has 1 aliphatic rings. The molecule has 35 heavy (non-hydrogen) atoms. The normalized spacial score (nSPS) is 13.3. The van der Waals surface area contributed by atoms with Crippen molar-refractivity contribution in [2.75, 3.05) is 24.5 Å². The van der Waals surface area contributed by atoms with Gasteiger partial charge in [0, 0.05) is 51.0 Å². The van der Waals surface area contributed by atoms with Gasteiger partial charge >= 0.3 is 5.97 Å². The van der Waals surface area contributed by atoms with Gasteiger partial charge in [-0.2, -0.15) is 0 Å². The molecular formula is C23H29N5O7. The summed E-state index contributed by atoms with van der Waals surface area (Å²) in [5.74, 6) is -1.99. The van der Waals surface area contributed by atoms with E-state index in [1.165, 1.54) is 0 Å². The number of amides is 3. The first-order valence-electron chi connectivity index (χ1n) is 11.6. The molecule has 2 aromatic rings. The monoisotopic (exact) mass is 487 g/mol. The van der Waals surface area contributed by atoms with Crippen molar-refractivity contribution in [2.45, 2.75) is 51.9 Å². The van der Waals surface area contributed by atoms with Crippen LogP contribution in [0.5, 0.6) is 0 Å². The standard InChI is InChI=1S/C23H29N5O7/c1-2-27(15-8-9-16-17(14-15)23(34)26-25-22(16)33)13-4-3-12-24-18(29)6-5-7-21(32)35-28-19(30)10-11-20(28)31/h8-9,14H,2-7,10-13H2,1H3,(H,24,29)(H,25,33)(H,26,34). The van der Waals surface area contributed by atoms with Crippen molar-refractivity contribution in [3.05, 3.63) is 38.9 Å². The van der Waals surface area contributed by atoms with Crippen LogP contribution in [0.2, 0.25) is 0 Å². The van der Waals surface area contributed by atoms with Crippen LogP contribution >= 0.6 is 0 Å². The number of unbranched alkanes of at least 4 members (excludes halogenated alkanes) is 1. The molecule has 1 aromatic carbocycles. The fourth-order valence-corrected chi connectivity index (χ4v) is 3.78. The van der Waals surface area contributed by atoms with Crippen molar-refractivity contribution in [1.29, 1.82) is 0 Å². The van der Waals surface area contributed by atoms with Gasteiger partial charge < -0.3 is 15.1 Å². The maximum atomic E-state index is 12.0. The van der Waals surface area contributed by atoms with Crippen LogP contribution in [-0.4, -0.2) is 58.6 Å². The zero-order valence-corrected chi connectivity index (χ0v) is 19.6. The Kier molecular flexibility index (Phi) is 8.76. The van der Waals surface area contributed by atoms with Crippen LogP contribution in [0, 0.1) is 0 Å². The molecule has 188 valence electrons. The van der Waals surface area contributed by atoms with Crippen molar-refractivity contribution in [3.8, 4) is 0 Å². The molecule has 0 saturated carbocycles. The lowest BCUT2D eigenvalue weighted by Gasteiger charge is -2.23. The molecule has 0 spiro atoms. The minimum absolute atomic E-state index is 0.0354. The van der Waals surface area contributed by atoms with Crippen molar-refractivity contribution in [2.24, 2.45) is 0 Å². The number of carbonyl (C=O) groups excluding carboxylic acids is 4. The second-order valence-electron chi connectivity index (χ2n) is 8.17. The number of benzene rings is 1. The van der Waals surface area contributed by atoms with Crippen LogP contribution in [0.15, 0.2) is 27.8 Å². The molecule has 2 heterocycles. The molecule has 3 rings (SSSR count). The summed E-state index contributed by atoms with van der Waals surface area (Å²) in [6.07, 6.45) is 1.90. The van der Waals surface area contributed by atoms with E-state index in [0.717, 1.165) is 18.5 Å². The molecule has 1 aliphatic heterocycles. The van der Waals surface area contributed by atoms with Crippen molar-refractivity contribution < 1.29 is 24.0 Å². The molecule has 1 fully saturated rings. The first kappa shape index (κ1) is 25.7. The Morgan fingerprint density at radius 1 is 0.971 bits per heavy atom.